The highest BCUT2D eigenvalue weighted by molar-refractivity contribution is 5.99. The molecule has 126 valence electrons. The molecule has 7 heteroatoms. The summed E-state index contributed by atoms with van der Waals surface area (Å²) in [6, 6.07) is 14.4. The Bertz CT molecular complexity index is 975. The highest BCUT2D eigenvalue weighted by Crippen LogP contribution is 2.22. The van der Waals surface area contributed by atoms with Crippen LogP contribution < -0.4 is 5.43 Å². The van der Waals surface area contributed by atoms with Crippen molar-refractivity contribution in [2.45, 2.75) is 13.5 Å². The van der Waals surface area contributed by atoms with E-state index in [1.54, 1.807) is 18.3 Å². The molecule has 1 heterocycles. The normalized spacial score (nSPS) is 11.1. The number of nitro groups is 1. The van der Waals surface area contributed by atoms with Crippen LogP contribution in [0.4, 0.5) is 5.69 Å². The Kier molecular flexibility index (Phi) is 4.56. The van der Waals surface area contributed by atoms with E-state index in [4.69, 9.17) is 0 Å². The summed E-state index contributed by atoms with van der Waals surface area (Å²) in [4.78, 5) is 21.5. The van der Waals surface area contributed by atoms with Crippen molar-refractivity contribution < 1.29 is 9.72 Å². The zero-order valence-corrected chi connectivity index (χ0v) is 13.5. The van der Waals surface area contributed by atoms with Gasteiger partial charge >= 0.3 is 0 Å². The number of benzene rings is 2. The summed E-state index contributed by atoms with van der Waals surface area (Å²) >= 11 is 0. The number of hydrogen-bond donors (Lipinski definition) is 1. The number of fused-ring (bicyclic) bond motifs is 1. The van der Waals surface area contributed by atoms with Gasteiger partial charge in [-0.25, -0.2) is 5.43 Å². The minimum absolute atomic E-state index is 0.0707. The van der Waals surface area contributed by atoms with Crippen LogP contribution >= 0.6 is 0 Å². The average Bonchev–Trinajstić information content (AvgIpc) is 2.93. The van der Waals surface area contributed by atoms with E-state index in [1.807, 2.05) is 41.1 Å². The van der Waals surface area contributed by atoms with E-state index in [1.165, 1.54) is 13.0 Å². The lowest BCUT2D eigenvalue weighted by molar-refractivity contribution is -0.384. The van der Waals surface area contributed by atoms with Gasteiger partial charge in [0.15, 0.2) is 0 Å². The maximum Gasteiger partial charge on any atom is 0.269 e. The Morgan fingerprint density at radius 3 is 2.84 bits per heavy atom. The molecule has 1 amide bonds. The molecule has 0 aliphatic heterocycles. The lowest BCUT2D eigenvalue weighted by Crippen LogP contribution is -2.12. The highest BCUT2D eigenvalue weighted by atomic mass is 16.6. The molecule has 25 heavy (non-hydrogen) atoms. The second-order valence-corrected chi connectivity index (χ2v) is 5.58. The fourth-order valence-corrected chi connectivity index (χ4v) is 2.67. The van der Waals surface area contributed by atoms with Gasteiger partial charge < -0.3 is 4.57 Å². The standard InChI is InChI=1S/C18H16N4O3/c1-13(23)20-19-10-15-12-21(18-8-3-2-7-17(15)18)11-14-5-4-6-16(9-14)22(24)25/h2-10,12H,11H2,1H3,(H,20,23)/b19-10-. The van der Waals surface area contributed by atoms with Crippen LogP contribution in [-0.2, 0) is 11.3 Å². The average molecular weight is 336 g/mol. The molecule has 0 fully saturated rings. The van der Waals surface area contributed by atoms with Gasteiger partial charge in [-0.3, -0.25) is 14.9 Å². The first-order valence-electron chi connectivity index (χ1n) is 7.65. The van der Waals surface area contributed by atoms with Crippen LogP contribution in [0.2, 0.25) is 0 Å². The number of amides is 1. The van der Waals surface area contributed by atoms with Gasteiger partial charge in [0.2, 0.25) is 5.91 Å². The summed E-state index contributed by atoms with van der Waals surface area (Å²) in [6.07, 6.45) is 3.50. The van der Waals surface area contributed by atoms with E-state index in [0.29, 0.717) is 6.54 Å². The number of hydrazone groups is 1. The van der Waals surface area contributed by atoms with Gasteiger partial charge in [-0.15, -0.1) is 0 Å². The third-order valence-electron chi connectivity index (χ3n) is 3.72. The monoisotopic (exact) mass is 336 g/mol. The summed E-state index contributed by atoms with van der Waals surface area (Å²) in [5.41, 5.74) is 5.13. The van der Waals surface area contributed by atoms with Gasteiger partial charge in [0, 0.05) is 48.3 Å². The van der Waals surface area contributed by atoms with E-state index >= 15 is 0 Å². The van der Waals surface area contributed by atoms with Gasteiger partial charge in [-0.2, -0.15) is 5.10 Å². The number of hydrogen-bond acceptors (Lipinski definition) is 4. The van der Waals surface area contributed by atoms with Crippen molar-refractivity contribution in [3.05, 3.63) is 76.0 Å². The molecule has 0 saturated heterocycles. The number of aromatic nitrogens is 1. The van der Waals surface area contributed by atoms with E-state index in [9.17, 15) is 14.9 Å². The summed E-state index contributed by atoms with van der Waals surface area (Å²) < 4.78 is 2.00. The van der Waals surface area contributed by atoms with Crippen LogP contribution in [0, 0.1) is 10.1 Å². The molecule has 0 atom stereocenters. The summed E-state index contributed by atoms with van der Waals surface area (Å²) in [6.45, 7) is 1.89. The molecule has 0 aliphatic carbocycles. The van der Waals surface area contributed by atoms with Crippen molar-refractivity contribution in [2.75, 3.05) is 0 Å². The SMILES string of the molecule is CC(=O)N/N=C\c1cn(Cc2cccc([N+](=O)[O-])c2)c2ccccc12. The van der Waals surface area contributed by atoms with Gasteiger partial charge in [0.25, 0.3) is 5.69 Å². The Hall–Kier alpha value is -3.48. The van der Waals surface area contributed by atoms with Crippen LogP contribution in [0.25, 0.3) is 10.9 Å². The Labute approximate surface area is 143 Å². The van der Waals surface area contributed by atoms with Crippen molar-refractivity contribution in [2.24, 2.45) is 5.10 Å². The van der Waals surface area contributed by atoms with Crippen molar-refractivity contribution in [3.63, 3.8) is 0 Å². The summed E-state index contributed by atoms with van der Waals surface area (Å²) in [5.74, 6) is -0.239. The Morgan fingerprint density at radius 1 is 1.28 bits per heavy atom. The molecule has 1 aromatic heterocycles. The van der Waals surface area contributed by atoms with Crippen LogP contribution in [0.15, 0.2) is 59.8 Å². The minimum Gasteiger partial charge on any atom is -0.342 e. The maximum atomic E-state index is 10.9. The second kappa shape index (κ2) is 6.96. The maximum absolute atomic E-state index is 10.9. The molecule has 0 saturated carbocycles. The number of nitro benzene ring substituents is 1. The smallest absolute Gasteiger partial charge is 0.269 e. The van der Waals surface area contributed by atoms with E-state index in [2.05, 4.69) is 10.5 Å². The molecule has 0 aliphatic rings. The minimum atomic E-state index is -0.400. The summed E-state index contributed by atoms with van der Waals surface area (Å²) in [5, 5.41) is 15.9. The van der Waals surface area contributed by atoms with Crippen LogP contribution in [0.1, 0.15) is 18.1 Å². The number of carbonyl (C=O) groups excluding carboxylic acids is 1. The molecule has 0 bridgehead atoms. The quantitative estimate of drug-likeness (QED) is 0.441. The first-order valence-corrected chi connectivity index (χ1v) is 7.65. The molecule has 3 aromatic rings. The van der Waals surface area contributed by atoms with E-state index in [-0.39, 0.29) is 11.6 Å². The molecule has 2 aromatic carbocycles. The Balaban J connectivity index is 1.96. The number of nitrogens with zero attached hydrogens (tertiary/aromatic N) is 3. The molecular weight excluding hydrogens is 320 g/mol. The number of carbonyl (C=O) groups is 1. The fraction of sp³-hybridized carbons (Fsp3) is 0.111. The second-order valence-electron chi connectivity index (χ2n) is 5.58. The third-order valence-corrected chi connectivity index (χ3v) is 3.72. The van der Waals surface area contributed by atoms with Crippen molar-refractivity contribution in [1.29, 1.82) is 0 Å². The van der Waals surface area contributed by atoms with E-state index < -0.39 is 4.92 Å². The predicted molar refractivity (Wildman–Crippen MR) is 95.5 cm³/mol. The van der Waals surface area contributed by atoms with Crippen LogP contribution in [0.5, 0.6) is 0 Å². The number of rotatable bonds is 5. The predicted octanol–water partition coefficient (Wildman–Crippen LogP) is 3.07. The van der Waals surface area contributed by atoms with Gasteiger partial charge in [-0.1, -0.05) is 30.3 Å². The molecule has 0 unspecified atom stereocenters. The van der Waals surface area contributed by atoms with Crippen molar-refractivity contribution in [1.82, 2.24) is 9.99 Å². The molecular formula is C18H16N4O3. The molecule has 1 N–H and O–H groups in total. The van der Waals surface area contributed by atoms with Crippen molar-refractivity contribution >= 4 is 28.7 Å². The first-order chi connectivity index (χ1) is 12.0. The lowest BCUT2D eigenvalue weighted by Gasteiger charge is -2.05. The number of nitrogens with one attached hydrogen (secondary N) is 1. The number of para-hydroxylation sites is 1. The van der Waals surface area contributed by atoms with Gasteiger partial charge in [0.1, 0.15) is 0 Å². The Morgan fingerprint density at radius 2 is 2.08 bits per heavy atom. The zero-order valence-electron chi connectivity index (χ0n) is 13.5. The summed E-state index contributed by atoms with van der Waals surface area (Å²) in [7, 11) is 0. The fourth-order valence-electron chi connectivity index (χ4n) is 2.67. The largest absolute Gasteiger partial charge is 0.342 e. The van der Waals surface area contributed by atoms with Gasteiger partial charge in [0.05, 0.1) is 11.1 Å². The molecule has 0 radical (unpaired) electrons. The van der Waals surface area contributed by atoms with Gasteiger partial charge in [-0.05, 0) is 11.6 Å². The number of non-ortho nitro benzene ring substituents is 1. The third kappa shape index (κ3) is 3.72. The molecule has 0 spiro atoms. The first kappa shape index (κ1) is 16.4. The topological polar surface area (TPSA) is 89.5 Å². The zero-order chi connectivity index (χ0) is 17.8. The lowest BCUT2D eigenvalue weighted by atomic mass is 10.2. The van der Waals surface area contributed by atoms with Crippen molar-refractivity contribution in [3.8, 4) is 0 Å². The van der Waals surface area contributed by atoms with Crippen LogP contribution in [0.3, 0.4) is 0 Å². The van der Waals surface area contributed by atoms with Crippen LogP contribution in [-0.4, -0.2) is 21.6 Å². The molecule has 3 rings (SSSR count). The molecule has 7 nitrogen and oxygen atoms in total. The van der Waals surface area contributed by atoms with E-state index in [0.717, 1.165) is 22.0 Å². The highest BCUT2D eigenvalue weighted by Gasteiger charge is 2.10.